The molecule has 0 unspecified atom stereocenters. The van der Waals surface area contributed by atoms with Crippen LogP contribution in [0.1, 0.15) is 5.56 Å². The summed E-state index contributed by atoms with van der Waals surface area (Å²) in [7, 11) is 0. The smallest absolute Gasteiger partial charge is 0.164 e. The van der Waals surface area contributed by atoms with E-state index in [0.29, 0.717) is 23.0 Å². The van der Waals surface area contributed by atoms with Crippen LogP contribution in [0, 0.1) is 11.3 Å². The van der Waals surface area contributed by atoms with Crippen molar-refractivity contribution in [3.05, 3.63) is 127 Å². The highest BCUT2D eigenvalue weighted by molar-refractivity contribution is 6.06. The number of benzene rings is 5. The Morgan fingerprint density at radius 2 is 0.923 bits per heavy atom. The lowest BCUT2D eigenvalue weighted by atomic mass is 10.0. The molecule has 5 heteroatoms. The minimum atomic E-state index is 0.586. The summed E-state index contributed by atoms with van der Waals surface area (Å²) < 4.78 is 6.33. The van der Waals surface area contributed by atoms with Crippen LogP contribution >= 0.6 is 0 Å². The zero-order chi connectivity index (χ0) is 26.2. The van der Waals surface area contributed by atoms with Crippen LogP contribution in [0.25, 0.3) is 67.2 Å². The van der Waals surface area contributed by atoms with E-state index in [2.05, 4.69) is 24.3 Å². The van der Waals surface area contributed by atoms with E-state index < -0.39 is 0 Å². The Morgan fingerprint density at radius 1 is 0.462 bits per heavy atom. The van der Waals surface area contributed by atoms with Gasteiger partial charge in [-0.05, 0) is 47.5 Å². The lowest BCUT2D eigenvalue weighted by molar-refractivity contribution is 0.669. The molecule has 7 rings (SSSR count). The number of aromatic nitrogens is 3. The molecule has 0 amide bonds. The Hall–Kier alpha value is -5.60. The van der Waals surface area contributed by atoms with E-state index in [1.165, 1.54) is 0 Å². The molecule has 0 spiro atoms. The van der Waals surface area contributed by atoms with E-state index in [0.717, 1.165) is 49.8 Å². The average Bonchev–Trinajstić information content (AvgIpc) is 3.39. The largest absolute Gasteiger partial charge is 0.456 e. The van der Waals surface area contributed by atoms with Crippen molar-refractivity contribution in [1.82, 2.24) is 15.0 Å². The molecular weight excluding hydrogens is 480 g/mol. The molecule has 7 aromatic rings. The van der Waals surface area contributed by atoms with Gasteiger partial charge in [0.05, 0.1) is 11.6 Å². The van der Waals surface area contributed by atoms with Crippen LogP contribution < -0.4 is 0 Å². The van der Waals surface area contributed by atoms with Crippen LogP contribution in [0.5, 0.6) is 0 Å². The minimum Gasteiger partial charge on any atom is -0.456 e. The summed E-state index contributed by atoms with van der Waals surface area (Å²) in [6.07, 6.45) is 0. The quantitative estimate of drug-likeness (QED) is 0.243. The molecule has 5 nitrogen and oxygen atoms in total. The maximum Gasteiger partial charge on any atom is 0.164 e. The molecule has 0 N–H and O–H groups in total. The van der Waals surface area contributed by atoms with Crippen molar-refractivity contribution in [3.63, 3.8) is 0 Å². The topological polar surface area (TPSA) is 75.6 Å². The number of hydrogen-bond acceptors (Lipinski definition) is 5. The third-order valence-corrected chi connectivity index (χ3v) is 6.78. The molecule has 5 aromatic carbocycles. The van der Waals surface area contributed by atoms with Crippen molar-refractivity contribution in [2.24, 2.45) is 0 Å². The highest BCUT2D eigenvalue weighted by Gasteiger charge is 2.15. The minimum absolute atomic E-state index is 0.586. The van der Waals surface area contributed by atoms with Crippen molar-refractivity contribution in [2.45, 2.75) is 0 Å². The van der Waals surface area contributed by atoms with Gasteiger partial charge in [0.1, 0.15) is 11.2 Å². The van der Waals surface area contributed by atoms with Crippen molar-refractivity contribution >= 4 is 21.9 Å². The van der Waals surface area contributed by atoms with Gasteiger partial charge >= 0.3 is 0 Å². The van der Waals surface area contributed by atoms with Gasteiger partial charge in [-0.15, -0.1) is 0 Å². The molecule has 0 fully saturated rings. The van der Waals surface area contributed by atoms with E-state index in [4.69, 9.17) is 24.6 Å². The van der Waals surface area contributed by atoms with Crippen LogP contribution in [-0.2, 0) is 0 Å². The number of rotatable bonds is 4. The molecule has 0 aliphatic heterocycles. The first-order valence-corrected chi connectivity index (χ1v) is 12.6. The zero-order valence-corrected chi connectivity index (χ0v) is 20.7. The van der Waals surface area contributed by atoms with Crippen LogP contribution in [0.2, 0.25) is 0 Å². The average molecular weight is 501 g/mol. The lowest BCUT2D eigenvalue weighted by Gasteiger charge is -2.08. The zero-order valence-electron chi connectivity index (χ0n) is 20.7. The molecule has 0 aliphatic carbocycles. The second-order valence-electron chi connectivity index (χ2n) is 9.25. The summed E-state index contributed by atoms with van der Waals surface area (Å²) in [4.78, 5) is 14.5. The van der Waals surface area contributed by atoms with Crippen molar-refractivity contribution < 1.29 is 4.42 Å². The fourth-order valence-corrected chi connectivity index (χ4v) is 4.77. The third kappa shape index (κ3) is 4.20. The first kappa shape index (κ1) is 22.6. The van der Waals surface area contributed by atoms with Gasteiger partial charge in [-0.25, -0.2) is 15.0 Å². The van der Waals surface area contributed by atoms with Gasteiger partial charge in [0, 0.05) is 27.5 Å². The van der Waals surface area contributed by atoms with E-state index in [1.807, 2.05) is 103 Å². The maximum atomic E-state index is 9.09. The van der Waals surface area contributed by atoms with Crippen molar-refractivity contribution in [2.75, 3.05) is 0 Å². The van der Waals surface area contributed by atoms with Crippen LogP contribution in [0.3, 0.4) is 0 Å². The molecule has 182 valence electrons. The number of nitrogens with zero attached hydrogens (tertiary/aromatic N) is 4. The van der Waals surface area contributed by atoms with Gasteiger partial charge in [0.15, 0.2) is 17.5 Å². The summed E-state index contributed by atoms with van der Waals surface area (Å²) >= 11 is 0. The normalized spacial score (nSPS) is 11.1. The third-order valence-electron chi connectivity index (χ3n) is 6.78. The van der Waals surface area contributed by atoms with Gasteiger partial charge in [-0.3, -0.25) is 0 Å². The Morgan fingerprint density at radius 3 is 1.46 bits per heavy atom. The molecular formula is C34H20N4O. The van der Waals surface area contributed by atoms with Gasteiger partial charge < -0.3 is 4.42 Å². The van der Waals surface area contributed by atoms with Crippen molar-refractivity contribution in [1.29, 1.82) is 5.26 Å². The molecule has 2 heterocycles. The molecule has 0 saturated heterocycles. The second kappa shape index (κ2) is 9.37. The van der Waals surface area contributed by atoms with Gasteiger partial charge in [-0.2, -0.15) is 5.26 Å². The molecule has 0 atom stereocenters. The fourth-order valence-electron chi connectivity index (χ4n) is 4.77. The van der Waals surface area contributed by atoms with Crippen LogP contribution in [0.15, 0.2) is 126 Å². The molecule has 0 aliphatic rings. The van der Waals surface area contributed by atoms with E-state index >= 15 is 0 Å². The monoisotopic (exact) mass is 500 g/mol. The van der Waals surface area contributed by atoms with Gasteiger partial charge in [0.2, 0.25) is 0 Å². The lowest BCUT2D eigenvalue weighted by Crippen LogP contribution is -2.00. The molecule has 0 radical (unpaired) electrons. The molecule has 0 saturated carbocycles. The van der Waals surface area contributed by atoms with Crippen LogP contribution in [0.4, 0.5) is 0 Å². The predicted molar refractivity (Wildman–Crippen MR) is 154 cm³/mol. The summed E-state index contributed by atoms with van der Waals surface area (Å²) in [5.74, 6) is 1.83. The Labute approximate surface area is 224 Å². The Balaban J connectivity index is 1.34. The number of furan rings is 1. The summed E-state index contributed by atoms with van der Waals surface area (Å²) in [5, 5.41) is 11.2. The standard InChI is InChI=1S/C34H20N4O/c35-21-22-11-13-23(14-12-22)26-15-17-28-29-18-16-27(20-31(29)39-30(28)19-26)34-37-32(24-7-3-1-4-8-24)36-33(38-34)25-9-5-2-6-10-25/h1-20H. The fraction of sp³-hybridized carbons (Fsp3) is 0. The molecule has 0 bridgehead atoms. The number of nitriles is 1. The van der Waals surface area contributed by atoms with E-state index in [1.54, 1.807) is 0 Å². The molecule has 39 heavy (non-hydrogen) atoms. The van der Waals surface area contributed by atoms with Gasteiger partial charge in [-0.1, -0.05) is 84.9 Å². The van der Waals surface area contributed by atoms with E-state index in [-0.39, 0.29) is 0 Å². The molecule has 2 aromatic heterocycles. The maximum absolute atomic E-state index is 9.09. The van der Waals surface area contributed by atoms with E-state index in [9.17, 15) is 0 Å². The number of fused-ring (bicyclic) bond motifs is 3. The first-order chi connectivity index (χ1) is 19.2. The summed E-state index contributed by atoms with van der Waals surface area (Å²) in [6, 6.07) is 41.9. The summed E-state index contributed by atoms with van der Waals surface area (Å²) in [6.45, 7) is 0. The SMILES string of the molecule is N#Cc1ccc(-c2ccc3c(c2)oc2cc(-c4nc(-c5ccccc5)nc(-c5ccccc5)n4)ccc23)cc1. The predicted octanol–water partition coefficient (Wildman–Crippen LogP) is 8.31. The summed E-state index contributed by atoms with van der Waals surface area (Å²) in [5.41, 5.74) is 6.98. The van der Waals surface area contributed by atoms with Gasteiger partial charge in [0.25, 0.3) is 0 Å². The van der Waals surface area contributed by atoms with Crippen molar-refractivity contribution in [3.8, 4) is 51.4 Å². The Bertz CT molecular complexity index is 1950. The highest BCUT2D eigenvalue weighted by atomic mass is 16.3. The van der Waals surface area contributed by atoms with Crippen LogP contribution in [-0.4, -0.2) is 15.0 Å². The highest BCUT2D eigenvalue weighted by Crippen LogP contribution is 2.34. The number of hydrogen-bond donors (Lipinski definition) is 0. The Kier molecular flexibility index (Phi) is 5.42. The first-order valence-electron chi connectivity index (χ1n) is 12.6. The second-order valence-corrected chi connectivity index (χ2v) is 9.25.